The van der Waals surface area contributed by atoms with E-state index in [1.165, 1.54) is 70.6 Å². The molecule has 0 N–H and O–H groups in total. The minimum Gasteiger partial charge on any atom is -0.465 e. The summed E-state index contributed by atoms with van der Waals surface area (Å²) in [5.74, 6) is 1.63. The Morgan fingerprint density at radius 2 is 0.918 bits per heavy atom. The summed E-state index contributed by atoms with van der Waals surface area (Å²) in [6.45, 7) is 36.8. The quantitative estimate of drug-likeness (QED) is 0.0524. The van der Waals surface area contributed by atoms with Gasteiger partial charge < -0.3 is 47.4 Å². The second-order valence-corrected chi connectivity index (χ2v) is 34.9. The van der Waals surface area contributed by atoms with Gasteiger partial charge in [-0.15, -0.1) is 0 Å². The lowest BCUT2D eigenvalue weighted by Gasteiger charge is -2.61. The van der Waals surface area contributed by atoms with Crippen molar-refractivity contribution in [3.63, 3.8) is 0 Å². The summed E-state index contributed by atoms with van der Waals surface area (Å²) in [4.78, 5) is 107. The fourth-order valence-electron chi connectivity index (χ4n) is 16.4. The van der Waals surface area contributed by atoms with Crippen LogP contribution in [0.5, 0.6) is 0 Å². The molecule has 0 radical (unpaired) electrons. The van der Waals surface area contributed by atoms with Crippen LogP contribution >= 0.6 is 0 Å². The van der Waals surface area contributed by atoms with E-state index in [-0.39, 0.29) is 114 Å². The molecule has 4 aliphatic heterocycles. The second kappa shape index (κ2) is 32.0. The largest absolute Gasteiger partial charge is 0.465 e. The highest BCUT2D eigenvalue weighted by atomic mass is 16.7. The van der Waals surface area contributed by atoms with Gasteiger partial charge in [0, 0.05) is 23.7 Å². The van der Waals surface area contributed by atoms with Gasteiger partial charge in [0.2, 0.25) is 0 Å². The van der Waals surface area contributed by atoms with Gasteiger partial charge in [0.15, 0.2) is 18.8 Å². The lowest BCUT2D eigenvalue weighted by Crippen LogP contribution is -2.57. The van der Waals surface area contributed by atoms with E-state index in [9.17, 15) is 43.2 Å². The van der Waals surface area contributed by atoms with Crippen molar-refractivity contribution in [1.29, 1.82) is 0 Å². The number of rotatable bonds is 23. The maximum Gasteiger partial charge on any atom is 0.344 e. The Bertz CT molecular complexity index is 2650. The fourth-order valence-corrected chi connectivity index (χ4v) is 16.4. The van der Waals surface area contributed by atoms with Crippen LogP contribution in [0.25, 0.3) is 0 Å². The van der Waals surface area contributed by atoms with Crippen molar-refractivity contribution >= 4 is 53.7 Å². The van der Waals surface area contributed by atoms with E-state index in [0.717, 1.165) is 75.5 Å². The van der Waals surface area contributed by atoms with E-state index in [0.29, 0.717) is 49.9 Å². The Balaban J connectivity index is 0.000000174. The molecule has 12 fully saturated rings. The van der Waals surface area contributed by atoms with Gasteiger partial charge in [-0.1, -0.05) is 53.9 Å². The molecule has 4 saturated heterocycles. The molecule has 0 aromatic heterocycles. The molecule has 0 spiro atoms. The van der Waals surface area contributed by atoms with Crippen molar-refractivity contribution in [2.45, 2.75) is 346 Å². The van der Waals surface area contributed by atoms with Crippen LogP contribution in [0, 0.1) is 79.8 Å². The number of hydrogen-bond acceptors (Lipinski definition) is 19. The summed E-state index contributed by atoms with van der Waals surface area (Å²) in [5, 5.41) is 0. The van der Waals surface area contributed by atoms with Gasteiger partial charge >= 0.3 is 53.7 Å². The molecule has 8 aliphatic carbocycles. The molecular weight excluding hydrogens is 1240 g/mol. The summed E-state index contributed by atoms with van der Waals surface area (Å²) in [6, 6.07) is 0. The number of fused-ring (bicyclic) bond motifs is 2. The lowest BCUT2D eigenvalue weighted by molar-refractivity contribution is -0.199. The van der Waals surface area contributed by atoms with Gasteiger partial charge in [0.1, 0.15) is 35.6 Å². The number of ether oxygens (including phenoxy) is 10. The van der Waals surface area contributed by atoms with Gasteiger partial charge in [0.05, 0.1) is 51.6 Å². The highest BCUT2D eigenvalue weighted by Crippen LogP contribution is 2.64. The van der Waals surface area contributed by atoms with Crippen LogP contribution in [0.2, 0.25) is 0 Å². The van der Waals surface area contributed by atoms with Crippen molar-refractivity contribution in [2.24, 2.45) is 79.8 Å². The van der Waals surface area contributed by atoms with E-state index in [4.69, 9.17) is 47.4 Å². The van der Waals surface area contributed by atoms with Crippen molar-refractivity contribution in [2.75, 3.05) is 13.2 Å². The second-order valence-electron chi connectivity index (χ2n) is 34.9. The van der Waals surface area contributed by atoms with Gasteiger partial charge in [-0.3, -0.25) is 38.4 Å². The van der Waals surface area contributed by atoms with Crippen LogP contribution in [0.3, 0.4) is 0 Å². The zero-order chi connectivity index (χ0) is 72.0. The molecule has 8 saturated carbocycles. The zero-order valence-electron chi connectivity index (χ0n) is 63.0. The predicted molar refractivity (Wildman–Crippen MR) is 363 cm³/mol. The molecule has 8 bridgehead atoms. The maximum atomic E-state index is 12.5. The molecule has 12 rings (SSSR count). The molecule has 10 unspecified atom stereocenters. The first-order chi connectivity index (χ1) is 45.2. The van der Waals surface area contributed by atoms with Crippen molar-refractivity contribution < 1.29 is 90.5 Å². The number of carbonyl (C=O) groups is 9. The van der Waals surface area contributed by atoms with Crippen LogP contribution in [0.4, 0.5) is 0 Å². The number of esters is 9. The molecule has 0 aromatic carbocycles. The molecule has 97 heavy (non-hydrogen) atoms. The minimum atomic E-state index is -0.554. The molecule has 0 aromatic rings. The molecule has 0 amide bonds. The number of hydrogen-bond donors (Lipinski definition) is 0. The van der Waals surface area contributed by atoms with E-state index < -0.39 is 51.0 Å². The summed E-state index contributed by atoms with van der Waals surface area (Å²) in [7, 11) is 0. The van der Waals surface area contributed by atoms with Crippen molar-refractivity contribution in [1.82, 2.24) is 0 Å². The molecule has 10 atom stereocenters. The third-order valence-corrected chi connectivity index (χ3v) is 25.2. The fraction of sp³-hybridized carbons (Fsp3) is 0.885. The van der Waals surface area contributed by atoms with E-state index >= 15 is 0 Å². The SMILES string of the molecule is CCC(C)(C)C(=O)OC1C2CC3C(=O)OC1C3C2.CCC(C)(C)C(=O)OC1C2CC3C(=O)OC1C3O2.CCC(C)(C)C(=O)OC1CCCCC1.CCC(C)(C)C(=O)OCC(=O)OC(C)(C)C1CCCC1.CCC(C)(C)C(=O)OCCCC(=O)OC(C)(C)C12CC3CC(CC(C3)C1)C2. The van der Waals surface area contributed by atoms with E-state index in [1.807, 2.05) is 118 Å². The normalized spacial score (nSPS) is 30.6. The Labute approximate surface area is 580 Å². The monoisotopic (exact) mass is 1370 g/mol. The molecule has 19 heteroatoms. The summed E-state index contributed by atoms with van der Waals surface area (Å²) >= 11 is 0. The van der Waals surface area contributed by atoms with Gasteiger partial charge in [-0.05, 0) is 255 Å². The average Bonchev–Trinajstić information content (AvgIpc) is 1.62. The first-order valence-corrected chi connectivity index (χ1v) is 37.7. The third-order valence-electron chi connectivity index (χ3n) is 25.2. The maximum absolute atomic E-state index is 12.5. The Morgan fingerprint density at radius 3 is 1.43 bits per heavy atom. The average molecular weight is 1370 g/mol. The predicted octanol–water partition coefficient (Wildman–Crippen LogP) is 15.0. The van der Waals surface area contributed by atoms with Gasteiger partial charge in [-0.2, -0.15) is 0 Å². The van der Waals surface area contributed by atoms with Crippen molar-refractivity contribution in [3.8, 4) is 0 Å². The molecule has 19 nitrogen and oxygen atoms in total. The Morgan fingerprint density at radius 1 is 0.464 bits per heavy atom. The van der Waals surface area contributed by atoms with Crippen LogP contribution in [-0.2, 0) is 90.5 Å². The van der Waals surface area contributed by atoms with E-state index in [1.54, 1.807) is 0 Å². The molecule has 12 aliphatic rings. The Hall–Kier alpha value is -4.81. The van der Waals surface area contributed by atoms with E-state index in [2.05, 4.69) is 13.8 Å². The smallest absolute Gasteiger partial charge is 0.344 e. The standard InChI is InChI=1S/C23H38O4.C16H28O4.C14H20O4.C13H18O5.C12H22O2/c1-6-21(2,3)20(25)26-9-7-8-19(24)27-22(4,5)23-13-16-10-17(14-23)12-18(11-16)15-23;1-6-15(2,3)14(18)19-11-13(17)20-16(4,5)12-9-7-8-10-12;1-4-14(2,3)13(16)18-10-7-5-8-9(6-7)12(15)17-11(8)10;1-4-13(2,3)12(15)18-9-7-5-6-8(16-7)10(9)17-11(6)14;1-4-12(2,3)11(13)14-10-8-6-5-7-9-10/h16-18H,6-15H2,1-5H3;12H,6-11H2,1-5H3;7-11H,4-6H2,1-3H3;6-10H,4-5H2,1-3H3;10H,4-9H2,1-3H3. The summed E-state index contributed by atoms with van der Waals surface area (Å²) in [6.07, 6.45) is 23.9. The molecular formula is C78H126O19. The molecule has 4 heterocycles. The minimum absolute atomic E-state index is 0.0214. The number of carbonyl (C=O) groups excluding carboxylic acids is 9. The van der Waals surface area contributed by atoms with Crippen LogP contribution < -0.4 is 0 Å². The van der Waals surface area contributed by atoms with Crippen LogP contribution in [-0.4, -0.2) is 121 Å². The topological polar surface area (TPSA) is 246 Å². The van der Waals surface area contributed by atoms with Gasteiger partial charge in [0.25, 0.3) is 0 Å². The van der Waals surface area contributed by atoms with Crippen LogP contribution in [0.1, 0.15) is 292 Å². The first kappa shape index (κ1) is 79.5. The van der Waals surface area contributed by atoms with Gasteiger partial charge in [-0.25, -0.2) is 4.79 Å². The summed E-state index contributed by atoms with van der Waals surface area (Å²) < 4.78 is 54.9. The summed E-state index contributed by atoms with van der Waals surface area (Å²) in [5.41, 5.74) is -2.98. The first-order valence-electron chi connectivity index (χ1n) is 37.7. The third kappa shape index (κ3) is 19.0. The molecule has 552 valence electrons. The highest BCUT2D eigenvalue weighted by Gasteiger charge is 2.66. The lowest BCUT2D eigenvalue weighted by atomic mass is 9.46. The van der Waals surface area contributed by atoms with Crippen LogP contribution in [0.15, 0.2) is 0 Å². The zero-order valence-corrected chi connectivity index (χ0v) is 63.0. The van der Waals surface area contributed by atoms with Crippen molar-refractivity contribution in [3.05, 3.63) is 0 Å². The highest BCUT2D eigenvalue weighted by molar-refractivity contribution is 5.81. The Kier molecular flexibility index (Phi) is 26.3.